The molecule has 0 radical (unpaired) electrons. The molecule has 0 bridgehead atoms. The average Bonchev–Trinajstić information content (AvgIpc) is 2.60. The maximum Gasteiger partial charge on any atom is 0.156 e. The molecule has 6 heteroatoms. The first-order valence-electron chi connectivity index (χ1n) is 6.06. The molecule has 104 valence electrons. The van der Waals surface area contributed by atoms with Crippen LogP contribution in [0.5, 0.6) is 0 Å². The molecular formula is C12H22N2O2S2. The van der Waals surface area contributed by atoms with Crippen LogP contribution in [0.25, 0.3) is 0 Å². The highest BCUT2D eigenvalue weighted by molar-refractivity contribution is 7.90. The third kappa shape index (κ3) is 3.76. The van der Waals surface area contributed by atoms with Crippen molar-refractivity contribution in [3.05, 3.63) is 15.6 Å². The van der Waals surface area contributed by atoms with E-state index in [-0.39, 0.29) is 17.4 Å². The molecule has 0 saturated carbocycles. The van der Waals surface area contributed by atoms with Gasteiger partial charge in [-0.25, -0.2) is 13.4 Å². The first-order valence-corrected chi connectivity index (χ1v) is 8.70. The van der Waals surface area contributed by atoms with E-state index in [1.54, 1.807) is 6.92 Å². The third-order valence-electron chi connectivity index (χ3n) is 2.61. The number of nitrogens with two attached hydrogens (primary N) is 1. The summed E-state index contributed by atoms with van der Waals surface area (Å²) in [5.74, 6) is 0.409. The van der Waals surface area contributed by atoms with Crippen molar-refractivity contribution in [3.8, 4) is 0 Å². The van der Waals surface area contributed by atoms with Crippen molar-refractivity contribution in [2.45, 2.75) is 51.8 Å². The van der Waals surface area contributed by atoms with Crippen LogP contribution in [0.1, 0.15) is 56.1 Å². The van der Waals surface area contributed by atoms with E-state index in [4.69, 9.17) is 5.73 Å². The summed E-state index contributed by atoms with van der Waals surface area (Å²) in [5, 5.41) is 0.647. The smallest absolute Gasteiger partial charge is 0.156 e. The zero-order valence-electron chi connectivity index (χ0n) is 11.6. The van der Waals surface area contributed by atoms with E-state index in [1.165, 1.54) is 11.3 Å². The van der Waals surface area contributed by atoms with Gasteiger partial charge >= 0.3 is 0 Å². The predicted molar refractivity (Wildman–Crippen MR) is 76.6 cm³/mol. The van der Waals surface area contributed by atoms with Crippen molar-refractivity contribution >= 4 is 21.2 Å². The molecular weight excluding hydrogens is 268 g/mol. The van der Waals surface area contributed by atoms with Crippen molar-refractivity contribution in [1.29, 1.82) is 0 Å². The minimum atomic E-state index is -3.04. The van der Waals surface area contributed by atoms with Crippen LogP contribution in [-0.4, -0.2) is 19.2 Å². The summed E-state index contributed by atoms with van der Waals surface area (Å²) < 4.78 is 23.3. The number of nitrogens with zero attached hydrogens (tertiary/aromatic N) is 1. The summed E-state index contributed by atoms with van der Waals surface area (Å²) >= 11 is 1.42. The van der Waals surface area contributed by atoms with Gasteiger partial charge in [-0.15, -0.1) is 11.3 Å². The normalized spacial score (nSPS) is 13.3. The topological polar surface area (TPSA) is 73.0 Å². The molecule has 0 spiro atoms. The molecule has 1 rings (SSSR count). The van der Waals surface area contributed by atoms with Crippen LogP contribution in [0.4, 0.5) is 0 Å². The lowest BCUT2D eigenvalue weighted by molar-refractivity contribution is 0.553. The molecule has 2 N–H and O–H groups in total. The van der Waals surface area contributed by atoms with Gasteiger partial charge in [-0.1, -0.05) is 20.8 Å². The highest BCUT2D eigenvalue weighted by atomic mass is 32.2. The molecule has 0 atom stereocenters. The molecule has 0 fully saturated rings. The Bertz CT molecular complexity index is 511. The Balaban J connectivity index is 3.19. The molecule has 1 aromatic heterocycles. The zero-order chi connectivity index (χ0) is 14.1. The molecule has 0 aliphatic carbocycles. The van der Waals surface area contributed by atoms with Crippen molar-refractivity contribution in [2.24, 2.45) is 5.73 Å². The minimum absolute atomic E-state index is 0.0178. The van der Waals surface area contributed by atoms with Crippen LogP contribution in [0.2, 0.25) is 0 Å². The average molecular weight is 290 g/mol. The Labute approximate surface area is 114 Å². The van der Waals surface area contributed by atoms with Crippen LogP contribution in [0.15, 0.2) is 0 Å². The second-order valence-electron chi connectivity index (χ2n) is 5.37. The standard InChI is InChI=1S/C12H22N2O2S2/c1-6-18(15,16)7-9-14-10(8(2)3)11(17-9)12(4,5)13/h8H,6-7,13H2,1-5H3. The molecule has 0 aliphatic rings. The third-order valence-corrected chi connectivity index (χ3v) is 5.80. The van der Waals surface area contributed by atoms with Gasteiger partial charge in [-0.05, 0) is 19.8 Å². The Morgan fingerprint density at radius 1 is 1.39 bits per heavy atom. The van der Waals surface area contributed by atoms with E-state index in [0.717, 1.165) is 10.6 Å². The van der Waals surface area contributed by atoms with E-state index >= 15 is 0 Å². The van der Waals surface area contributed by atoms with Crippen molar-refractivity contribution in [1.82, 2.24) is 4.98 Å². The van der Waals surface area contributed by atoms with Gasteiger partial charge in [0, 0.05) is 16.2 Å². The molecule has 0 aliphatic heterocycles. The molecule has 0 aromatic carbocycles. The Hall–Kier alpha value is -0.460. The second kappa shape index (κ2) is 5.27. The quantitative estimate of drug-likeness (QED) is 0.903. The van der Waals surface area contributed by atoms with Gasteiger partial charge in [0.1, 0.15) is 10.8 Å². The number of hydrogen-bond acceptors (Lipinski definition) is 5. The van der Waals surface area contributed by atoms with Crippen LogP contribution in [0, 0.1) is 0 Å². The van der Waals surface area contributed by atoms with Gasteiger partial charge in [0.15, 0.2) is 9.84 Å². The summed E-state index contributed by atoms with van der Waals surface area (Å²) in [7, 11) is -3.04. The highest BCUT2D eigenvalue weighted by Crippen LogP contribution is 2.33. The van der Waals surface area contributed by atoms with E-state index in [2.05, 4.69) is 4.98 Å². The summed E-state index contributed by atoms with van der Waals surface area (Å²) in [6, 6.07) is 0. The maximum absolute atomic E-state index is 11.6. The molecule has 0 unspecified atom stereocenters. The van der Waals surface area contributed by atoms with Gasteiger partial charge in [-0.3, -0.25) is 0 Å². The molecule has 0 amide bonds. The van der Waals surface area contributed by atoms with Crippen molar-refractivity contribution in [2.75, 3.05) is 5.75 Å². The van der Waals surface area contributed by atoms with Crippen LogP contribution >= 0.6 is 11.3 Å². The minimum Gasteiger partial charge on any atom is -0.321 e. The monoisotopic (exact) mass is 290 g/mol. The summed E-state index contributed by atoms with van der Waals surface area (Å²) in [4.78, 5) is 5.45. The van der Waals surface area contributed by atoms with E-state index < -0.39 is 15.4 Å². The number of thiazole rings is 1. The van der Waals surface area contributed by atoms with Crippen LogP contribution in [0.3, 0.4) is 0 Å². The fraction of sp³-hybridized carbons (Fsp3) is 0.750. The predicted octanol–water partition coefficient (Wildman–Crippen LogP) is 2.40. The fourth-order valence-corrected chi connectivity index (χ4v) is 4.03. The Morgan fingerprint density at radius 3 is 2.28 bits per heavy atom. The van der Waals surface area contributed by atoms with E-state index in [0.29, 0.717) is 5.01 Å². The molecule has 1 heterocycles. The van der Waals surface area contributed by atoms with Crippen LogP contribution in [-0.2, 0) is 21.1 Å². The number of rotatable bonds is 5. The lowest BCUT2D eigenvalue weighted by Crippen LogP contribution is -2.28. The second-order valence-corrected chi connectivity index (χ2v) is 8.81. The first kappa shape index (κ1) is 15.6. The van der Waals surface area contributed by atoms with Gasteiger partial charge in [0.2, 0.25) is 0 Å². The highest BCUT2D eigenvalue weighted by Gasteiger charge is 2.26. The largest absolute Gasteiger partial charge is 0.321 e. The lowest BCUT2D eigenvalue weighted by atomic mass is 9.98. The zero-order valence-corrected chi connectivity index (χ0v) is 13.3. The van der Waals surface area contributed by atoms with Gasteiger partial charge in [0.05, 0.1) is 5.69 Å². The SMILES string of the molecule is CCS(=O)(=O)Cc1nc(C(C)C)c(C(C)(C)N)s1. The number of sulfone groups is 1. The van der Waals surface area contributed by atoms with E-state index in [1.807, 2.05) is 27.7 Å². The molecule has 4 nitrogen and oxygen atoms in total. The summed E-state index contributed by atoms with van der Waals surface area (Å²) in [6.07, 6.45) is 0. The maximum atomic E-state index is 11.6. The first-order chi connectivity index (χ1) is 8.07. The van der Waals surface area contributed by atoms with Crippen LogP contribution < -0.4 is 5.73 Å². The van der Waals surface area contributed by atoms with Gasteiger partial charge in [0.25, 0.3) is 0 Å². The number of hydrogen-bond donors (Lipinski definition) is 1. The fourth-order valence-electron chi connectivity index (χ4n) is 1.58. The number of aromatic nitrogens is 1. The lowest BCUT2D eigenvalue weighted by Gasteiger charge is -2.19. The molecule has 0 saturated heterocycles. The summed E-state index contributed by atoms with van der Waals surface area (Å²) in [5.41, 5.74) is 6.57. The Kier molecular flexibility index (Phi) is 4.56. The van der Waals surface area contributed by atoms with Crippen molar-refractivity contribution in [3.63, 3.8) is 0 Å². The van der Waals surface area contributed by atoms with Crippen molar-refractivity contribution < 1.29 is 8.42 Å². The van der Waals surface area contributed by atoms with Gasteiger partial charge in [-0.2, -0.15) is 0 Å². The van der Waals surface area contributed by atoms with E-state index in [9.17, 15) is 8.42 Å². The molecule has 18 heavy (non-hydrogen) atoms. The Morgan fingerprint density at radius 2 is 1.94 bits per heavy atom. The molecule has 1 aromatic rings. The van der Waals surface area contributed by atoms with Gasteiger partial charge < -0.3 is 5.73 Å². The summed E-state index contributed by atoms with van der Waals surface area (Å²) in [6.45, 7) is 9.58.